The number of hydrogen-bond donors (Lipinski definition) is 1. The number of pyridine rings is 1. The topological polar surface area (TPSA) is 45.2 Å². The summed E-state index contributed by atoms with van der Waals surface area (Å²) in [7, 11) is 0. The van der Waals surface area contributed by atoms with E-state index in [4.69, 9.17) is 0 Å². The lowest BCUT2D eigenvalue weighted by molar-refractivity contribution is -0.135. The number of nitrogens with one attached hydrogen (secondary N) is 1. The lowest BCUT2D eigenvalue weighted by Gasteiger charge is -2.45. The monoisotopic (exact) mass is 287 g/mol. The Hall–Kier alpha value is -1.42. The summed E-state index contributed by atoms with van der Waals surface area (Å²) < 4.78 is 0. The summed E-state index contributed by atoms with van der Waals surface area (Å²) >= 11 is 0. The highest BCUT2D eigenvalue weighted by Crippen LogP contribution is 2.36. The molecule has 3 heterocycles. The van der Waals surface area contributed by atoms with Crippen LogP contribution in [0.4, 0.5) is 0 Å². The lowest BCUT2D eigenvalue weighted by atomic mass is 9.74. The van der Waals surface area contributed by atoms with Gasteiger partial charge in [0.2, 0.25) is 5.91 Å². The van der Waals surface area contributed by atoms with Gasteiger partial charge < -0.3 is 10.2 Å². The molecule has 2 saturated heterocycles. The van der Waals surface area contributed by atoms with Crippen LogP contribution < -0.4 is 5.32 Å². The minimum absolute atomic E-state index is 0.297. The number of hydrogen-bond acceptors (Lipinski definition) is 3. The van der Waals surface area contributed by atoms with Gasteiger partial charge in [0, 0.05) is 43.4 Å². The molecule has 4 nitrogen and oxygen atoms in total. The summed E-state index contributed by atoms with van der Waals surface area (Å²) in [5, 5.41) is 3.51. The summed E-state index contributed by atoms with van der Waals surface area (Å²) in [6.45, 7) is 4.09. The van der Waals surface area contributed by atoms with Crippen LogP contribution >= 0.6 is 0 Å². The molecule has 2 aliphatic heterocycles. The summed E-state index contributed by atoms with van der Waals surface area (Å²) in [4.78, 5) is 18.9. The number of piperidine rings is 2. The molecule has 4 heteroatoms. The molecule has 1 aromatic rings. The Labute approximate surface area is 126 Å². The Balaban J connectivity index is 1.54. The van der Waals surface area contributed by atoms with Crippen LogP contribution in [-0.2, 0) is 11.2 Å². The summed E-state index contributed by atoms with van der Waals surface area (Å²) in [6, 6.07) is 5.89. The van der Waals surface area contributed by atoms with Gasteiger partial charge in [-0.2, -0.15) is 0 Å². The van der Waals surface area contributed by atoms with E-state index in [-0.39, 0.29) is 0 Å². The average molecular weight is 287 g/mol. The van der Waals surface area contributed by atoms with E-state index in [1.54, 1.807) is 6.20 Å². The van der Waals surface area contributed by atoms with Crippen LogP contribution in [0.15, 0.2) is 24.4 Å². The Morgan fingerprint density at radius 2 is 2.24 bits per heavy atom. The Bertz CT molecular complexity index is 463. The Morgan fingerprint density at radius 1 is 1.33 bits per heavy atom. The van der Waals surface area contributed by atoms with Crippen LogP contribution in [0.25, 0.3) is 0 Å². The van der Waals surface area contributed by atoms with Crippen molar-refractivity contribution in [1.29, 1.82) is 0 Å². The second kappa shape index (κ2) is 6.56. The van der Waals surface area contributed by atoms with Crippen LogP contribution in [-0.4, -0.2) is 42.0 Å². The van der Waals surface area contributed by atoms with Crippen molar-refractivity contribution in [2.75, 3.05) is 26.2 Å². The SMILES string of the molecule is O=C(CCc1ccccn1)N1CCCC2(CCCNC2)C1. The first-order valence-corrected chi connectivity index (χ1v) is 8.16. The fourth-order valence-electron chi connectivity index (χ4n) is 3.74. The number of amides is 1. The van der Waals surface area contributed by atoms with Crippen LogP contribution in [0.1, 0.15) is 37.8 Å². The number of aromatic nitrogens is 1. The van der Waals surface area contributed by atoms with Crippen molar-refractivity contribution >= 4 is 5.91 Å². The molecule has 0 bridgehead atoms. The molecule has 1 aromatic heterocycles. The van der Waals surface area contributed by atoms with Gasteiger partial charge in [0.25, 0.3) is 0 Å². The van der Waals surface area contributed by atoms with E-state index in [1.165, 1.54) is 19.3 Å². The zero-order valence-electron chi connectivity index (χ0n) is 12.7. The van der Waals surface area contributed by atoms with Gasteiger partial charge in [-0.25, -0.2) is 0 Å². The second-order valence-electron chi connectivity index (χ2n) is 6.52. The minimum Gasteiger partial charge on any atom is -0.342 e. The summed E-state index contributed by atoms with van der Waals surface area (Å²) in [5.74, 6) is 0.297. The van der Waals surface area contributed by atoms with E-state index in [9.17, 15) is 4.79 Å². The van der Waals surface area contributed by atoms with Crippen molar-refractivity contribution in [2.24, 2.45) is 5.41 Å². The predicted octanol–water partition coefficient (Wildman–Crippen LogP) is 2.01. The van der Waals surface area contributed by atoms with E-state index in [0.717, 1.165) is 44.7 Å². The summed E-state index contributed by atoms with van der Waals surface area (Å²) in [5.41, 5.74) is 1.36. The smallest absolute Gasteiger partial charge is 0.222 e. The Morgan fingerprint density at radius 3 is 3.00 bits per heavy atom. The highest BCUT2D eigenvalue weighted by Gasteiger charge is 2.37. The fraction of sp³-hybridized carbons (Fsp3) is 0.647. The molecule has 3 rings (SSSR count). The first kappa shape index (κ1) is 14.5. The molecule has 0 saturated carbocycles. The van der Waals surface area contributed by atoms with Crippen molar-refractivity contribution in [3.63, 3.8) is 0 Å². The molecule has 1 spiro atoms. The molecule has 0 aliphatic carbocycles. The van der Waals surface area contributed by atoms with E-state index in [1.807, 2.05) is 18.2 Å². The Kier molecular flexibility index (Phi) is 4.54. The van der Waals surface area contributed by atoms with Gasteiger partial charge in [0.05, 0.1) is 0 Å². The third-order valence-electron chi connectivity index (χ3n) is 4.90. The molecule has 2 aliphatic rings. The first-order chi connectivity index (χ1) is 10.3. The maximum Gasteiger partial charge on any atom is 0.222 e. The van der Waals surface area contributed by atoms with Gasteiger partial charge in [0.1, 0.15) is 0 Å². The van der Waals surface area contributed by atoms with Gasteiger partial charge in [0.15, 0.2) is 0 Å². The second-order valence-corrected chi connectivity index (χ2v) is 6.52. The minimum atomic E-state index is 0.297. The predicted molar refractivity (Wildman–Crippen MR) is 82.9 cm³/mol. The molecule has 1 atom stereocenters. The largest absolute Gasteiger partial charge is 0.342 e. The van der Waals surface area contributed by atoms with Gasteiger partial charge in [-0.3, -0.25) is 9.78 Å². The molecule has 0 aromatic carbocycles. The fourth-order valence-corrected chi connectivity index (χ4v) is 3.74. The van der Waals surface area contributed by atoms with Crippen LogP contribution in [0.3, 0.4) is 0 Å². The van der Waals surface area contributed by atoms with Gasteiger partial charge in [-0.05, 0) is 50.8 Å². The normalized spacial score (nSPS) is 26.0. The van der Waals surface area contributed by atoms with Crippen molar-refractivity contribution in [3.05, 3.63) is 30.1 Å². The van der Waals surface area contributed by atoms with Crippen LogP contribution in [0, 0.1) is 5.41 Å². The molecule has 1 amide bonds. The zero-order valence-corrected chi connectivity index (χ0v) is 12.7. The molecule has 1 N–H and O–H groups in total. The summed E-state index contributed by atoms with van der Waals surface area (Å²) in [6.07, 6.45) is 8.06. The van der Waals surface area contributed by atoms with Crippen molar-refractivity contribution in [1.82, 2.24) is 15.2 Å². The molecular weight excluding hydrogens is 262 g/mol. The van der Waals surface area contributed by atoms with E-state index in [0.29, 0.717) is 17.7 Å². The molecule has 21 heavy (non-hydrogen) atoms. The lowest BCUT2D eigenvalue weighted by Crippen LogP contribution is -2.52. The first-order valence-electron chi connectivity index (χ1n) is 8.16. The van der Waals surface area contributed by atoms with Crippen molar-refractivity contribution < 1.29 is 4.79 Å². The number of likely N-dealkylation sites (tertiary alicyclic amines) is 1. The quantitative estimate of drug-likeness (QED) is 0.925. The number of carbonyl (C=O) groups is 1. The van der Waals surface area contributed by atoms with Crippen LogP contribution in [0.2, 0.25) is 0 Å². The standard InChI is InChI=1S/C17H25N3O/c21-16(7-6-15-5-1-2-11-19-15)20-12-4-9-17(14-20)8-3-10-18-13-17/h1-2,5,11,18H,3-4,6-10,12-14H2. The highest BCUT2D eigenvalue weighted by atomic mass is 16.2. The molecule has 1 unspecified atom stereocenters. The molecule has 0 radical (unpaired) electrons. The van der Waals surface area contributed by atoms with Crippen LogP contribution in [0.5, 0.6) is 0 Å². The third-order valence-corrected chi connectivity index (χ3v) is 4.90. The van der Waals surface area contributed by atoms with E-state index >= 15 is 0 Å². The number of carbonyl (C=O) groups excluding carboxylic acids is 1. The zero-order chi connectivity index (χ0) is 14.5. The number of rotatable bonds is 3. The van der Waals surface area contributed by atoms with E-state index in [2.05, 4.69) is 15.2 Å². The number of nitrogens with zero attached hydrogens (tertiary/aromatic N) is 2. The maximum atomic E-state index is 12.5. The maximum absolute atomic E-state index is 12.5. The number of aryl methyl sites for hydroxylation is 1. The average Bonchev–Trinajstić information content (AvgIpc) is 2.54. The van der Waals surface area contributed by atoms with Gasteiger partial charge >= 0.3 is 0 Å². The van der Waals surface area contributed by atoms with Gasteiger partial charge in [-0.1, -0.05) is 6.07 Å². The molecule has 2 fully saturated rings. The van der Waals surface area contributed by atoms with Crippen molar-refractivity contribution in [3.8, 4) is 0 Å². The molecule has 114 valence electrons. The van der Waals surface area contributed by atoms with Crippen molar-refractivity contribution in [2.45, 2.75) is 38.5 Å². The van der Waals surface area contributed by atoms with E-state index < -0.39 is 0 Å². The third kappa shape index (κ3) is 3.62. The van der Waals surface area contributed by atoms with Gasteiger partial charge in [-0.15, -0.1) is 0 Å². The highest BCUT2D eigenvalue weighted by molar-refractivity contribution is 5.76. The molecular formula is C17H25N3O.